The molecule has 7 nitrogen and oxygen atoms in total. The Balaban J connectivity index is 1.71. The van der Waals surface area contributed by atoms with E-state index in [4.69, 9.17) is 4.74 Å². The number of nitrogens with one attached hydrogen (secondary N) is 1. The lowest BCUT2D eigenvalue weighted by Gasteiger charge is -2.21. The van der Waals surface area contributed by atoms with Crippen molar-refractivity contribution < 1.29 is 18.7 Å². The van der Waals surface area contributed by atoms with Gasteiger partial charge < -0.3 is 10.1 Å². The minimum Gasteiger partial charge on any atom is -0.458 e. The van der Waals surface area contributed by atoms with Crippen LogP contribution in [0.15, 0.2) is 40.5 Å². The molecule has 0 aliphatic carbocycles. The highest BCUT2D eigenvalue weighted by atomic mass is 32.1. The van der Waals surface area contributed by atoms with Crippen LogP contribution in [-0.2, 0) is 16.1 Å². The van der Waals surface area contributed by atoms with Gasteiger partial charge in [0.05, 0.1) is 11.3 Å². The van der Waals surface area contributed by atoms with Gasteiger partial charge in [0.25, 0.3) is 11.5 Å². The number of esters is 1. The van der Waals surface area contributed by atoms with Crippen molar-refractivity contribution in [3.05, 3.63) is 68.8 Å². The van der Waals surface area contributed by atoms with Crippen LogP contribution >= 0.6 is 11.3 Å². The van der Waals surface area contributed by atoms with Crippen LogP contribution in [-0.4, -0.2) is 27.3 Å². The lowest BCUT2D eigenvalue weighted by molar-refractivity contribution is -0.148. The Labute approximate surface area is 170 Å². The molecule has 0 saturated heterocycles. The quantitative estimate of drug-likeness (QED) is 0.623. The van der Waals surface area contributed by atoms with Gasteiger partial charge in [-0.2, -0.15) is 0 Å². The Hall–Kier alpha value is -3.07. The molecule has 2 heterocycles. The number of fused-ring (bicyclic) bond motifs is 1. The van der Waals surface area contributed by atoms with Gasteiger partial charge in [-0.3, -0.25) is 14.0 Å². The number of carbonyl (C=O) groups excluding carboxylic acids is 2. The molecular formula is C20H20FN3O4S. The number of benzene rings is 1. The SMILES string of the molecule is Cc1csc2nc(COC(=O)[C@@H](NC(=O)c3ccccc3F)C(C)C)cc(=O)n12. The molecule has 0 bridgehead atoms. The second-order valence-electron chi connectivity index (χ2n) is 6.86. The molecule has 1 atom stereocenters. The fourth-order valence-electron chi connectivity index (χ4n) is 2.77. The van der Waals surface area contributed by atoms with Crippen molar-refractivity contribution in [2.24, 2.45) is 5.92 Å². The molecule has 0 aliphatic heterocycles. The van der Waals surface area contributed by atoms with Crippen molar-refractivity contribution in [2.45, 2.75) is 33.4 Å². The smallest absolute Gasteiger partial charge is 0.329 e. The first-order chi connectivity index (χ1) is 13.8. The Morgan fingerprint density at radius 2 is 2.03 bits per heavy atom. The summed E-state index contributed by atoms with van der Waals surface area (Å²) in [5.74, 6) is -2.36. The van der Waals surface area contributed by atoms with Crippen molar-refractivity contribution in [1.29, 1.82) is 0 Å². The maximum absolute atomic E-state index is 13.8. The van der Waals surface area contributed by atoms with Crippen LogP contribution in [0.1, 0.15) is 35.6 Å². The zero-order valence-corrected chi connectivity index (χ0v) is 17.0. The highest BCUT2D eigenvalue weighted by molar-refractivity contribution is 7.15. The highest BCUT2D eigenvalue weighted by Gasteiger charge is 2.27. The van der Waals surface area contributed by atoms with Gasteiger partial charge in [0.2, 0.25) is 0 Å². The summed E-state index contributed by atoms with van der Waals surface area (Å²) >= 11 is 1.31. The summed E-state index contributed by atoms with van der Waals surface area (Å²) in [4.78, 5) is 41.9. The van der Waals surface area contributed by atoms with Crippen molar-refractivity contribution in [1.82, 2.24) is 14.7 Å². The molecule has 1 amide bonds. The summed E-state index contributed by atoms with van der Waals surface area (Å²) in [6.45, 7) is 5.06. The summed E-state index contributed by atoms with van der Waals surface area (Å²) in [6.07, 6.45) is 0. The summed E-state index contributed by atoms with van der Waals surface area (Å²) in [5, 5.41) is 4.33. The zero-order chi connectivity index (χ0) is 21.1. The van der Waals surface area contributed by atoms with Gasteiger partial charge in [-0.1, -0.05) is 26.0 Å². The third-order valence-corrected chi connectivity index (χ3v) is 5.26. The van der Waals surface area contributed by atoms with Crippen LogP contribution in [0.4, 0.5) is 4.39 Å². The number of hydrogen-bond donors (Lipinski definition) is 1. The number of halogens is 1. The van der Waals surface area contributed by atoms with Gasteiger partial charge in [0.15, 0.2) is 4.96 Å². The molecule has 0 radical (unpaired) electrons. The molecule has 152 valence electrons. The first-order valence-corrected chi connectivity index (χ1v) is 9.84. The second kappa shape index (κ2) is 8.52. The average Bonchev–Trinajstić information content (AvgIpc) is 3.05. The van der Waals surface area contributed by atoms with E-state index in [1.807, 2.05) is 5.38 Å². The summed E-state index contributed by atoms with van der Waals surface area (Å²) < 4.78 is 20.6. The maximum Gasteiger partial charge on any atom is 0.329 e. The van der Waals surface area contributed by atoms with Gasteiger partial charge in [0, 0.05) is 17.1 Å². The molecule has 0 fully saturated rings. The third kappa shape index (κ3) is 4.51. The zero-order valence-electron chi connectivity index (χ0n) is 16.1. The number of ether oxygens (including phenoxy) is 1. The summed E-state index contributed by atoms with van der Waals surface area (Å²) in [7, 11) is 0. The highest BCUT2D eigenvalue weighted by Crippen LogP contribution is 2.13. The van der Waals surface area contributed by atoms with Gasteiger partial charge >= 0.3 is 5.97 Å². The molecular weight excluding hydrogens is 397 g/mol. The monoisotopic (exact) mass is 417 g/mol. The molecule has 3 rings (SSSR count). The molecule has 0 spiro atoms. The molecule has 1 aromatic carbocycles. The normalized spacial score (nSPS) is 12.2. The number of aryl methyl sites for hydroxylation is 1. The summed E-state index contributed by atoms with van der Waals surface area (Å²) in [5.41, 5.74) is 0.683. The van der Waals surface area contributed by atoms with Gasteiger partial charge in [0.1, 0.15) is 18.5 Å². The van der Waals surface area contributed by atoms with Crippen LogP contribution in [0.3, 0.4) is 0 Å². The maximum atomic E-state index is 13.8. The minimum atomic E-state index is -0.976. The molecule has 1 N–H and O–H groups in total. The molecule has 0 unspecified atom stereocenters. The molecule has 2 aromatic heterocycles. The topological polar surface area (TPSA) is 89.8 Å². The minimum absolute atomic E-state index is 0.154. The number of nitrogens with zero attached hydrogens (tertiary/aromatic N) is 2. The molecule has 0 aliphatic rings. The number of thiazole rings is 1. The number of carbonyl (C=O) groups is 2. The van der Waals surface area contributed by atoms with E-state index in [1.165, 1.54) is 46.1 Å². The van der Waals surface area contributed by atoms with E-state index in [-0.39, 0.29) is 23.6 Å². The van der Waals surface area contributed by atoms with Crippen molar-refractivity contribution >= 4 is 28.2 Å². The Bertz CT molecular complexity index is 1120. The van der Waals surface area contributed by atoms with Crippen molar-refractivity contribution in [2.75, 3.05) is 0 Å². The van der Waals surface area contributed by atoms with Crippen LogP contribution in [0.5, 0.6) is 0 Å². The number of amides is 1. The van der Waals surface area contributed by atoms with E-state index in [0.29, 0.717) is 10.7 Å². The fourth-order valence-corrected chi connectivity index (χ4v) is 3.66. The predicted molar refractivity (Wildman–Crippen MR) is 106 cm³/mol. The molecule has 9 heteroatoms. The Morgan fingerprint density at radius 1 is 1.31 bits per heavy atom. The van der Waals surface area contributed by atoms with E-state index in [9.17, 15) is 18.8 Å². The van der Waals surface area contributed by atoms with Crippen LogP contribution in [0.2, 0.25) is 0 Å². The summed E-state index contributed by atoms with van der Waals surface area (Å²) in [6, 6.07) is 5.85. The first kappa shape index (κ1) is 20.7. The van der Waals surface area contributed by atoms with E-state index >= 15 is 0 Å². The Morgan fingerprint density at radius 3 is 2.72 bits per heavy atom. The number of rotatable bonds is 6. The van der Waals surface area contributed by atoms with E-state index in [0.717, 1.165) is 5.69 Å². The van der Waals surface area contributed by atoms with Crippen LogP contribution in [0.25, 0.3) is 4.96 Å². The lowest BCUT2D eigenvalue weighted by Crippen LogP contribution is -2.45. The molecule has 3 aromatic rings. The van der Waals surface area contributed by atoms with Gasteiger partial charge in [-0.15, -0.1) is 11.3 Å². The number of aromatic nitrogens is 2. The van der Waals surface area contributed by atoms with Gasteiger partial charge in [-0.05, 0) is 25.0 Å². The van der Waals surface area contributed by atoms with E-state index in [2.05, 4.69) is 10.3 Å². The van der Waals surface area contributed by atoms with Crippen molar-refractivity contribution in [3.8, 4) is 0 Å². The average molecular weight is 417 g/mol. The van der Waals surface area contributed by atoms with Crippen LogP contribution < -0.4 is 10.9 Å². The predicted octanol–water partition coefficient (Wildman–Crippen LogP) is 2.70. The third-order valence-electron chi connectivity index (χ3n) is 4.32. The first-order valence-electron chi connectivity index (χ1n) is 8.96. The van der Waals surface area contributed by atoms with Crippen LogP contribution in [0, 0.1) is 18.7 Å². The molecule has 0 saturated carbocycles. The fraction of sp³-hybridized carbons (Fsp3) is 0.300. The van der Waals surface area contributed by atoms with E-state index in [1.54, 1.807) is 20.8 Å². The lowest BCUT2D eigenvalue weighted by atomic mass is 10.0. The van der Waals surface area contributed by atoms with Crippen molar-refractivity contribution in [3.63, 3.8) is 0 Å². The molecule has 29 heavy (non-hydrogen) atoms. The Kier molecular flexibility index (Phi) is 6.07. The largest absolute Gasteiger partial charge is 0.458 e. The standard InChI is InChI=1S/C20H20FN3O4S/c1-11(2)17(23-18(26)14-6-4-5-7-15(14)21)19(27)28-9-13-8-16(25)24-12(3)10-29-20(24)22-13/h4-8,10-11,17H,9H2,1-3H3,(H,23,26)/t17-/m0/s1. The van der Waals surface area contributed by atoms with E-state index < -0.39 is 23.7 Å². The number of hydrogen-bond acceptors (Lipinski definition) is 6. The van der Waals surface area contributed by atoms with Gasteiger partial charge in [-0.25, -0.2) is 14.2 Å². The second-order valence-corrected chi connectivity index (χ2v) is 7.70.